The van der Waals surface area contributed by atoms with E-state index in [-0.39, 0.29) is 24.0 Å². The van der Waals surface area contributed by atoms with Crippen LogP contribution < -0.4 is 5.32 Å². The molecule has 0 bridgehead atoms. The molecule has 8 heteroatoms. The van der Waals surface area contributed by atoms with E-state index in [2.05, 4.69) is 76.8 Å². The minimum absolute atomic E-state index is 0. The van der Waals surface area contributed by atoms with Crippen LogP contribution in [0.1, 0.15) is 42.1 Å². The number of hydrogen-bond donors (Lipinski definition) is 1. The zero-order valence-electron chi connectivity index (χ0n) is 18.4. The van der Waals surface area contributed by atoms with Gasteiger partial charge >= 0.3 is 0 Å². The molecule has 0 fully saturated rings. The SMILES string of the molecule is CN=C(NCc1cccc(Cn2cccn2)c1)N(C)Cc1cn(C)nc1C(C)C.I. The number of halogens is 1. The van der Waals surface area contributed by atoms with Crippen molar-refractivity contribution in [3.05, 3.63) is 71.3 Å². The smallest absolute Gasteiger partial charge is 0.193 e. The monoisotopic (exact) mass is 521 g/mol. The van der Waals surface area contributed by atoms with Gasteiger partial charge in [-0.3, -0.25) is 14.4 Å². The molecule has 1 aromatic carbocycles. The number of aliphatic imine (C=N–C) groups is 1. The first-order valence-corrected chi connectivity index (χ1v) is 9.95. The molecular weight excluding hydrogens is 489 g/mol. The van der Waals surface area contributed by atoms with E-state index < -0.39 is 0 Å². The van der Waals surface area contributed by atoms with E-state index in [1.54, 1.807) is 6.20 Å². The van der Waals surface area contributed by atoms with Crippen molar-refractivity contribution < 1.29 is 0 Å². The molecule has 2 aromatic heterocycles. The highest BCUT2D eigenvalue weighted by atomic mass is 127. The highest BCUT2D eigenvalue weighted by molar-refractivity contribution is 14.0. The molecule has 0 spiro atoms. The molecule has 0 aliphatic carbocycles. The van der Waals surface area contributed by atoms with Crippen LogP contribution in [0.2, 0.25) is 0 Å². The Morgan fingerprint density at radius 1 is 1.23 bits per heavy atom. The van der Waals surface area contributed by atoms with Crippen molar-refractivity contribution in [2.24, 2.45) is 12.0 Å². The Hall–Kier alpha value is -2.36. The van der Waals surface area contributed by atoms with Crippen molar-refractivity contribution in [2.75, 3.05) is 14.1 Å². The van der Waals surface area contributed by atoms with Crippen molar-refractivity contribution in [1.82, 2.24) is 29.8 Å². The van der Waals surface area contributed by atoms with E-state index in [0.717, 1.165) is 24.7 Å². The molecule has 0 radical (unpaired) electrons. The summed E-state index contributed by atoms with van der Waals surface area (Å²) in [6.07, 6.45) is 5.88. The number of rotatable bonds is 7. The zero-order chi connectivity index (χ0) is 20.8. The van der Waals surface area contributed by atoms with Gasteiger partial charge in [0.2, 0.25) is 0 Å². The van der Waals surface area contributed by atoms with E-state index in [4.69, 9.17) is 0 Å². The lowest BCUT2D eigenvalue weighted by atomic mass is 10.1. The number of hydrogen-bond acceptors (Lipinski definition) is 3. The zero-order valence-corrected chi connectivity index (χ0v) is 20.7. The molecular formula is C22H32IN7. The number of guanidine groups is 1. The van der Waals surface area contributed by atoms with Crippen LogP contribution in [-0.4, -0.2) is 44.5 Å². The first-order valence-electron chi connectivity index (χ1n) is 9.95. The minimum atomic E-state index is 0. The number of nitrogens with one attached hydrogen (secondary N) is 1. The second-order valence-electron chi connectivity index (χ2n) is 7.65. The molecule has 1 N–H and O–H groups in total. The molecule has 0 aliphatic heterocycles. The number of nitrogens with zero attached hydrogens (tertiary/aromatic N) is 6. The molecule has 0 saturated carbocycles. The Labute approximate surface area is 196 Å². The number of aryl methyl sites for hydroxylation is 1. The lowest BCUT2D eigenvalue weighted by Crippen LogP contribution is -2.38. The van der Waals surface area contributed by atoms with E-state index in [9.17, 15) is 0 Å². The molecule has 0 atom stereocenters. The Morgan fingerprint density at radius 2 is 2.00 bits per heavy atom. The normalized spacial score (nSPS) is 11.5. The fourth-order valence-electron chi connectivity index (χ4n) is 3.48. The molecule has 0 aliphatic rings. The molecule has 2 heterocycles. The summed E-state index contributed by atoms with van der Waals surface area (Å²) in [6, 6.07) is 10.5. The van der Waals surface area contributed by atoms with Crippen molar-refractivity contribution in [2.45, 2.75) is 39.4 Å². The van der Waals surface area contributed by atoms with Crippen molar-refractivity contribution >= 4 is 29.9 Å². The van der Waals surface area contributed by atoms with Gasteiger partial charge in [-0.15, -0.1) is 24.0 Å². The topological polar surface area (TPSA) is 63.3 Å². The second kappa shape index (κ2) is 11.1. The average molecular weight is 521 g/mol. The molecule has 0 amide bonds. The molecule has 3 aromatic rings. The lowest BCUT2D eigenvalue weighted by molar-refractivity contribution is 0.473. The molecule has 0 saturated heterocycles. The van der Waals surface area contributed by atoms with Gasteiger partial charge in [0.05, 0.1) is 12.2 Å². The van der Waals surface area contributed by atoms with Gasteiger partial charge in [-0.1, -0.05) is 38.1 Å². The predicted molar refractivity (Wildman–Crippen MR) is 132 cm³/mol. The highest BCUT2D eigenvalue weighted by Gasteiger charge is 2.15. The van der Waals surface area contributed by atoms with Crippen LogP contribution >= 0.6 is 24.0 Å². The maximum Gasteiger partial charge on any atom is 0.193 e. The summed E-state index contributed by atoms with van der Waals surface area (Å²) < 4.78 is 3.82. The first kappa shape index (κ1) is 23.9. The van der Waals surface area contributed by atoms with E-state index in [1.807, 2.05) is 35.7 Å². The summed E-state index contributed by atoms with van der Waals surface area (Å²) in [5.41, 5.74) is 4.82. The Balaban J connectivity index is 0.00000320. The third kappa shape index (κ3) is 6.32. The van der Waals surface area contributed by atoms with Gasteiger partial charge in [0, 0.05) is 58.4 Å². The summed E-state index contributed by atoms with van der Waals surface area (Å²) in [5.74, 6) is 1.26. The minimum Gasteiger partial charge on any atom is -0.352 e. The fraction of sp³-hybridized carbons (Fsp3) is 0.409. The fourth-order valence-corrected chi connectivity index (χ4v) is 3.48. The van der Waals surface area contributed by atoms with Gasteiger partial charge in [0.1, 0.15) is 0 Å². The van der Waals surface area contributed by atoms with Crippen molar-refractivity contribution in [3.8, 4) is 0 Å². The van der Waals surface area contributed by atoms with E-state index in [0.29, 0.717) is 12.5 Å². The quantitative estimate of drug-likeness (QED) is 0.293. The van der Waals surface area contributed by atoms with Crippen LogP contribution in [-0.2, 0) is 26.7 Å². The number of aromatic nitrogens is 4. The molecule has 162 valence electrons. The van der Waals surface area contributed by atoms with Gasteiger partial charge < -0.3 is 10.2 Å². The summed E-state index contributed by atoms with van der Waals surface area (Å²) in [4.78, 5) is 6.59. The van der Waals surface area contributed by atoms with Gasteiger partial charge in [0.25, 0.3) is 0 Å². The van der Waals surface area contributed by atoms with Crippen LogP contribution in [0.5, 0.6) is 0 Å². The van der Waals surface area contributed by atoms with Crippen LogP contribution in [0, 0.1) is 0 Å². The van der Waals surface area contributed by atoms with Gasteiger partial charge in [-0.05, 0) is 23.1 Å². The van der Waals surface area contributed by atoms with E-state index >= 15 is 0 Å². The Bertz CT molecular complexity index is 944. The summed E-state index contributed by atoms with van der Waals surface area (Å²) >= 11 is 0. The first-order chi connectivity index (χ1) is 14.0. The Morgan fingerprint density at radius 3 is 2.67 bits per heavy atom. The van der Waals surface area contributed by atoms with Crippen LogP contribution in [0.3, 0.4) is 0 Å². The standard InChI is InChI=1S/C22H31N7.HI/c1-17(2)21-20(16-28(5)26-21)15-27(4)22(23-3)24-13-18-8-6-9-19(12-18)14-29-11-7-10-25-29;/h6-12,16-17H,13-15H2,1-5H3,(H,23,24);1H. The second-order valence-corrected chi connectivity index (χ2v) is 7.65. The summed E-state index contributed by atoms with van der Waals surface area (Å²) in [7, 11) is 5.85. The van der Waals surface area contributed by atoms with E-state index in [1.165, 1.54) is 16.7 Å². The molecule has 30 heavy (non-hydrogen) atoms. The Kier molecular flexibility index (Phi) is 8.88. The van der Waals surface area contributed by atoms with Crippen molar-refractivity contribution in [3.63, 3.8) is 0 Å². The molecule has 0 unspecified atom stereocenters. The van der Waals surface area contributed by atoms with Crippen LogP contribution in [0.15, 0.2) is 53.9 Å². The summed E-state index contributed by atoms with van der Waals surface area (Å²) in [6.45, 7) is 6.60. The molecule has 3 rings (SSSR count). The third-order valence-corrected chi connectivity index (χ3v) is 4.81. The van der Waals surface area contributed by atoms with Crippen LogP contribution in [0.4, 0.5) is 0 Å². The molecule has 7 nitrogen and oxygen atoms in total. The van der Waals surface area contributed by atoms with Crippen LogP contribution in [0.25, 0.3) is 0 Å². The largest absolute Gasteiger partial charge is 0.352 e. The van der Waals surface area contributed by atoms with Crippen molar-refractivity contribution in [1.29, 1.82) is 0 Å². The van der Waals surface area contributed by atoms with Gasteiger partial charge in [0.15, 0.2) is 5.96 Å². The third-order valence-electron chi connectivity index (χ3n) is 4.81. The van der Waals surface area contributed by atoms with Gasteiger partial charge in [-0.25, -0.2) is 0 Å². The van der Waals surface area contributed by atoms with Gasteiger partial charge in [-0.2, -0.15) is 10.2 Å². The summed E-state index contributed by atoms with van der Waals surface area (Å²) in [5, 5.41) is 12.4. The average Bonchev–Trinajstić information content (AvgIpc) is 3.32. The highest BCUT2D eigenvalue weighted by Crippen LogP contribution is 2.18. The maximum atomic E-state index is 4.60. The maximum absolute atomic E-state index is 4.60. The number of benzene rings is 1. The predicted octanol–water partition coefficient (Wildman–Crippen LogP) is 3.61. The lowest BCUT2D eigenvalue weighted by Gasteiger charge is -2.22.